The molecule has 1 amide bonds. The second kappa shape index (κ2) is 9.80. The van der Waals surface area contributed by atoms with E-state index in [9.17, 15) is 4.79 Å². The summed E-state index contributed by atoms with van der Waals surface area (Å²) < 4.78 is 11.5. The molecule has 2 fully saturated rings. The van der Waals surface area contributed by atoms with Gasteiger partial charge in [0.25, 0.3) is 6.01 Å². The van der Waals surface area contributed by atoms with Gasteiger partial charge in [-0.3, -0.25) is 4.79 Å². The van der Waals surface area contributed by atoms with E-state index in [2.05, 4.69) is 27.0 Å². The van der Waals surface area contributed by atoms with Gasteiger partial charge >= 0.3 is 0 Å². The highest BCUT2D eigenvalue weighted by molar-refractivity contribution is 6.33. The molecule has 8 nitrogen and oxygen atoms in total. The van der Waals surface area contributed by atoms with E-state index in [0.29, 0.717) is 22.4 Å². The van der Waals surface area contributed by atoms with E-state index < -0.39 is 0 Å². The zero-order chi connectivity index (χ0) is 23.7. The van der Waals surface area contributed by atoms with Crippen LogP contribution in [0, 0.1) is 5.92 Å². The van der Waals surface area contributed by atoms with Gasteiger partial charge in [-0.1, -0.05) is 23.7 Å². The van der Waals surface area contributed by atoms with Crippen LogP contribution in [-0.2, 0) is 9.53 Å². The minimum Gasteiger partial charge on any atom is -0.461 e. The number of ether oxygens (including phenoxy) is 2. The van der Waals surface area contributed by atoms with Crippen molar-refractivity contribution in [1.29, 1.82) is 0 Å². The molecule has 1 aromatic carbocycles. The average Bonchev–Trinajstić information content (AvgIpc) is 3.25. The lowest BCUT2D eigenvalue weighted by atomic mass is 9.86. The molecule has 1 N–H and O–H groups in total. The van der Waals surface area contributed by atoms with Crippen molar-refractivity contribution in [1.82, 2.24) is 19.9 Å². The Hall–Kier alpha value is -2.84. The second-order valence-corrected chi connectivity index (χ2v) is 9.61. The van der Waals surface area contributed by atoms with Crippen LogP contribution in [0.1, 0.15) is 25.7 Å². The van der Waals surface area contributed by atoms with Crippen LogP contribution in [0.3, 0.4) is 0 Å². The third kappa shape index (κ3) is 4.83. The van der Waals surface area contributed by atoms with E-state index in [0.717, 1.165) is 63.1 Å². The number of rotatable bonds is 5. The molecule has 5 rings (SSSR count). The number of benzene rings is 1. The van der Waals surface area contributed by atoms with Crippen LogP contribution in [0.25, 0.3) is 22.4 Å². The number of carbonyl (C=O) groups excluding carboxylic acids is 1. The van der Waals surface area contributed by atoms with Crippen molar-refractivity contribution in [2.45, 2.75) is 31.8 Å². The number of carbonyl (C=O) groups is 1. The third-order valence-corrected chi connectivity index (χ3v) is 6.95. The lowest BCUT2D eigenvalue weighted by Gasteiger charge is -2.28. The number of morpholine rings is 1. The van der Waals surface area contributed by atoms with Crippen LogP contribution in [0.15, 0.2) is 30.3 Å². The number of aromatic nitrogens is 3. The summed E-state index contributed by atoms with van der Waals surface area (Å²) >= 11 is 6.58. The highest BCUT2D eigenvalue weighted by Crippen LogP contribution is 2.32. The molecule has 1 saturated carbocycles. The number of anilines is 1. The molecule has 2 aliphatic rings. The minimum absolute atomic E-state index is 0.0365. The maximum Gasteiger partial charge on any atom is 0.296 e. The van der Waals surface area contributed by atoms with Crippen LogP contribution in [-0.4, -0.2) is 72.3 Å². The largest absolute Gasteiger partial charge is 0.461 e. The Balaban J connectivity index is 1.28. The molecular formula is C25H30ClN5O3. The predicted molar refractivity (Wildman–Crippen MR) is 132 cm³/mol. The summed E-state index contributed by atoms with van der Waals surface area (Å²) in [5, 5.41) is 0.560. The fourth-order valence-corrected chi connectivity index (χ4v) is 5.02. The van der Waals surface area contributed by atoms with Crippen LogP contribution in [0.4, 0.5) is 5.69 Å². The molecular weight excluding hydrogens is 454 g/mol. The number of aromatic amines is 1. The first-order chi connectivity index (χ1) is 16.5. The van der Waals surface area contributed by atoms with Crippen LogP contribution in [0.5, 0.6) is 6.01 Å². The summed E-state index contributed by atoms with van der Waals surface area (Å²) in [5.74, 6) is 0.287. The van der Waals surface area contributed by atoms with E-state index in [1.54, 1.807) is 4.90 Å². The van der Waals surface area contributed by atoms with E-state index in [1.165, 1.54) is 5.69 Å². The van der Waals surface area contributed by atoms with E-state index >= 15 is 0 Å². The Bertz CT molecular complexity index is 1150. The van der Waals surface area contributed by atoms with Gasteiger partial charge in [0.15, 0.2) is 5.65 Å². The number of nitrogens with one attached hydrogen (secondary N) is 1. The topological polar surface area (TPSA) is 83.6 Å². The first-order valence-electron chi connectivity index (χ1n) is 11.8. The quantitative estimate of drug-likeness (QED) is 0.587. The second-order valence-electron chi connectivity index (χ2n) is 9.20. The Kier molecular flexibility index (Phi) is 6.61. The van der Waals surface area contributed by atoms with Gasteiger partial charge < -0.3 is 24.3 Å². The zero-order valence-electron chi connectivity index (χ0n) is 19.6. The van der Waals surface area contributed by atoms with Crippen molar-refractivity contribution < 1.29 is 14.3 Å². The van der Waals surface area contributed by atoms with Crippen molar-refractivity contribution in [3.63, 3.8) is 0 Å². The van der Waals surface area contributed by atoms with Crippen molar-refractivity contribution in [2.75, 3.05) is 45.3 Å². The standard InChI is InChI=1S/C25H30ClN5O3/c1-30(2)24(32)17-5-9-19(10-6-17)34-25-27-21-15-20(26)22(28-23(21)29-25)16-3-7-18(8-4-16)31-11-13-33-14-12-31/h3-4,7-8,15,17,19H,5-6,9-14H2,1-2H3,(H,27,28,29). The molecule has 180 valence electrons. The predicted octanol–water partition coefficient (Wildman–Crippen LogP) is 4.14. The lowest BCUT2D eigenvalue weighted by Crippen LogP contribution is -2.36. The maximum absolute atomic E-state index is 12.2. The van der Waals surface area contributed by atoms with E-state index in [4.69, 9.17) is 26.1 Å². The molecule has 3 aromatic rings. The summed E-state index contributed by atoms with van der Waals surface area (Å²) in [7, 11) is 3.62. The molecule has 1 aliphatic carbocycles. The lowest BCUT2D eigenvalue weighted by molar-refractivity contribution is -0.134. The van der Waals surface area contributed by atoms with Crippen LogP contribution < -0.4 is 9.64 Å². The van der Waals surface area contributed by atoms with Gasteiger partial charge in [-0.25, -0.2) is 4.98 Å². The molecule has 0 bridgehead atoms. The smallest absolute Gasteiger partial charge is 0.296 e. The highest BCUT2D eigenvalue weighted by Gasteiger charge is 2.28. The number of pyridine rings is 1. The fourth-order valence-electron chi connectivity index (χ4n) is 4.76. The molecule has 0 radical (unpaired) electrons. The van der Waals surface area contributed by atoms with Crippen molar-refractivity contribution in [2.24, 2.45) is 5.92 Å². The molecule has 34 heavy (non-hydrogen) atoms. The molecule has 9 heteroatoms. The molecule has 0 unspecified atom stereocenters. The SMILES string of the molecule is CN(C)C(=O)C1CCC(Oc2nc3nc(-c4ccc(N5CCOCC5)cc4)c(Cl)cc3[nH]2)CC1. The van der Waals surface area contributed by atoms with Gasteiger partial charge in [0.05, 0.1) is 29.4 Å². The zero-order valence-corrected chi connectivity index (χ0v) is 20.3. The Labute approximate surface area is 204 Å². The fraction of sp³-hybridized carbons (Fsp3) is 0.480. The maximum atomic E-state index is 12.2. The van der Waals surface area contributed by atoms with Gasteiger partial charge in [-0.15, -0.1) is 0 Å². The first-order valence-corrected chi connectivity index (χ1v) is 12.2. The number of hydrogen-bond donors (Lipinski definition) is 1. The van der Waals surface area contributed by atoms with Gasteiger partial charge in [0.1, 0.15) is 6.10 Å². The number of imidazole rings is 1. The molecule has 3 heterocycles. The molecule has 0 spiro atoms. The molecule has 2 aromatic heterocycles. The number of hydrogen-bond acceptors (Lipinski definition) is 6. The Morgan fingerprint density at radius 1 is 1.12 bits per heavy atom. The van der Waals surface area contributed by atoms with Crippen LogP contribution in [0.2, 0.25) is 5.02 Å². The van der Waals surface area contributed by atoms with Gasteiger partial charge in [0.2, 0.25) is 5.91 Å². The summed E-state index contributed by atoms with van der Waals surface area (Å²) in [6, 6.07) is 10.6. The molecule has 0 atom stereocenters. The van der Waals surface area contributed by atoms with Crippen molar-refractivity contribution >= 4 is 34.4 Å². The molecule has 1 saturated heterocycles. The highest BCUT2D eigenvalue weighted by atomic mass is 35.5. The normalized spacial score (nSPS) is 21.0. The van der Waals surface area contributed by atoms with Crippen molar-refractivity contribution in [3.8, 4) is 17.3 Å². The number of amides is 1. The monoisotopic (exact) mass is 483 g/mol. The van der Waals surface area contributed by atoms with E-state index in [-0.39, 0.29) is 17.9 Å². The number of halogens is 1. The number of fused-ring (bicyclic) bond motifs is 1. The number of H-pyrrole nitrogens is 1. The average molecular weight is 484 g/mol. The van der Waals surface area contributed by atoms with Gasteiger partial charge in [-0.05, 0) is 43.9 Å². The third-order valence-electron chi connectivity index (χ3n) is 6.66. The van der Waals surface area contributed by atoms with Gasteiger partial charge in [0, 0.05) is 44.4 Å². The first kappa shape index (κ1) is 22.9. The number of nitrogens with zero attached hydrogens (tertiary/aromatic N) is 4. The minimum atomic E-state index is 0.0365. The van der Waals surface area contributed by atoms with Crippen molar-refractivity contribution in [3.05, 3.63) is 35.4 Å². The van der Waals surface area contributed by atoms with E-state index in [1.807, 2.05) is 32.3 Å². The summed E-state index contributed by atoms with van der Waals surface area (Å²) in [6.45, 7) is 3.30. The molecule has 1 aliphatic heterocycles. The Morgan fingerprint density at radius 3 is 2.50 bits per heavy atom. The van der Waals surface area contributed by atoms with Crippen LogP contribution >= 0.6 is 11.6 Å². The summed E-state index contributed by atoms with van der Waals surface area (Å²) in [6.07, 6.45) is 3.36. The van der Waals surface area contributed by atoms with Gasteiger partial charge in [-0.2, -0.15) is 4.98 Å². The summed E-state index contributed by atoms with van der Waals surface area (Å²) in [5.41, 5.74) is 4.12. The Morgan fingerprint density at radius 2 is 1.82 bits per heavy atom. The summed E-state index contributed by atoms with van der Waals surface area (Å²) in [4.78, 5) is 28.7.